The van der Waals surface area contributed by atoms with Crippen LogP contribution < -0.4 is 10.6 Å². The summed E-state index contributed by atoms with van der Waals surface area (Å²) in [5.74, 6) is -2.35. The third-order valence-electron chi connectivity index (χ3n) is 4.14. The van der Waals surface area contributed by atoms with Crippen LogP contribution in [0.3, 0.4) is 0 Å². The Morgan fingerprint density at radius 1 is 0.706 bits per heavy atom. The van der Waals surface area contributed by atoms with Gasteiger partial charge in [-0.1, -0.05) is 0 Å². The number of ether oxygens (including phenoxy) is 2. The molecule has 0 aromatic heterocycles. The van der Waals surface area contributed by atoms with Gasteiger partial charge in [-0.25, -0.2) is 4.79 Å². The van der Waals surface area contributed by atoms with Crippen LogP contribution in [0.1, 0.15) is 67.2 Å². The highest BCUT2D eigenvalue weighted by Crippen LogP contribution is 2.11. The molecular formula is C22H40N2O10. The SMILES string of the molecule is CC(C)(C)OC(=O)CCCNC(=O)[C@@H](O)[C@H](O)[C@H](O)[C@@H](O)C(=O)CCCNC(=O)OC(C)(C)C. The van der Waals surface area contributed by atoms with Crippen molar-refractivity contribution in [3.63, 3.8) is 0 Å². The van der Waals surface area contributed by atoms with Crippen LogP contribution in [-0.4, -0.2) is 92.9 Å². The van der Waals surface area contributed by atoms with Gasteiger partial charge in [-0.15, -0.1) is 0 Å². The van der Waals surface area contributed by atoms with Crippen molar-refractivity contribution in [2.45, 2.75) is 103 Å². The fourth-order valence-electron chi connectivity index (χ4n) is 2.58. The number of nitrogens with one attached hydrogen (secondary N) is 2. The van der Waals surface area contributed by atoms with Gasteiger partial charge in [-0.3, -0.25) is 14.4 Å². The Bertz CT molecular complexity index is 626. The summed E-state index contributed by atoms with van der Waals surface area (Å²) < 4.78 is 10.1. The first-order chi connectivity index (χ1) is 15.4. The zero-order chi connectivity index (χ0) is 26.7. The quantitative estimate of drug-likeness (QED) is 0.145. The van der Waals surface area contributed by atoms with Gasteiger partial charge in [0.25, 0.3) is 5.91 Å². The van der Waals surface area contributed by atoms with Crippen molar-refractivity contribution in [1.29, 1.82) is 0 Å². The van der Waals surface area contributed by atoms with Crippen LogP contribution in [0.15, 0.2) is 0 Å². The highest BCUT2D eigenvalue weighted by molar-refractivity contribution is 5.84. The number of alkyl carbamates (subject to hydrolysis) is 1. The van der Waals surface area contributed by atoms with E-state index in [0.717, 1.165) is 0 Å². The van der Waals surface area contributed by atoms with Gasteiger partial charge in [0.2, 0.25) is 0 Å². The van der Waals surface area contributed by atoms with E-state index in [1.807, 2.05) is 0 Å². The lowest BCUT2D eigenvalue weighted by atomic mass is 9.97. The van der Waals surface area contributed by atoms with E-state index in [1.165, 1.54) is 0 Å². The van der Waals surface area contributed by atoms with Crippen LogP contribution >= 0.6 is 0 Å². The predicted octanol–water partition coefficient (Wildman–Crippen LogP) is -0.458. The Morgan fingerprint density at radius 2 is 1.18 bits per heavy atom. The van der Waals surface area contributed by atoms with Gasteiger partial charge in [0, 0.05) is 25.9 Å². The minimum atomic E-state index is -2.13. The first-order valence-corrected chi connectivity index (χ1v) is 11.2. The molecule has 6 N–H and O–H groups in total. The minimum Gasteiger partial charge on any atom is -0.460 e. The fraction of sp³-hybridized carbons (Fsp3) is 0.818. The highest BCUT2D eigenvalue weighted by Gasteiger charge is 2.37. The number of hydrogen-bond donors (Lipinski definition) is 6. The van der Waals surface area contributed by atoms with Gasteiger partial charge in [0.1, 0.15) is 29.5 Å². The van der Waals surface area contributed by atoms with E-state index in [1.54, 1.807) is 41.5 Å². The van der Waals surface area contributed by atoms with Crippen molar-refractivity contribution in [2.24, 2.45) is 0 Å². The summed E-state index contributed by atoms with van der Waals surface area (Å²) in [6.07, 6.45) is -8.97. The Kier molecular flexibility index (Phi) is 13.2. The molecular weight excluding hydrogens is 452 g/mol. The number of esters is 1. The average Bonchev–Trinajstić information content (AvgIpc) is 2.69. The zero-order valence-corrected chi connectivity index (χ0v) is 20.8. The summed E-state index contributed by atoms with van der Waals surface area (Å²) >= 11 is 0. The molecule has 198 valence electrons. The molecule has 0 aliphatic carbocycles. The molecule has 0 aliphatic rings. The third-order valence-corrected chi connectivity index (χ3v) is 4.14. The highest BCUT2D eigenvalue weighted by atomic mass is 16.6. The molecule has 0 radical (unpaired) electrons. The van der Waals surface area contributed by atoms with E-state index in [4.69, 9.17) is 9.47 Å². The first kappa shape index (κ1) is 31.7. The minimum absolute atomic E-state index is 0.00984. The van der Waals surface area contributed by atoms with Crippen molar-refractivity contribution in [1.82, 2.24) is 10.6 Å². The molecule has 0 aromatic carbocycles. The fourth-order valence-corrected chi connectivity index (χ4v) is 2.58. The molecule has 12 heteroatoms. The molecule has 0 heterocycles. The van der Waals surface area contributed by atoms with E-state index in [0.29, 0.717) is 0 Å². The van der Waals surface area contributed by atoms with E-state index in [9.17, 15) is 39.6 Å². The third kappa shape index (κ3) is 14.1. The molecule has 2 amide bonds. The van der Waals surface area contributed by atoms with E-state index < -0.39 is 59.4 Å². The van der Waals surface area contributed by atoms with Crippen LogP contribution in [0.5, 0.6) is 0 Å². The molecule has 0 saturated heterocycles. The lowest BCUT2D eigenvalue weighted by Crippen LogP contribution is -2.52. The number of aliphatic hydroxyl groups excluding tert-OH is 4. The van der Waals surface area contributed by atoms with E-state index in [-0.39, 0.29) is 38.8 Å². The lowest BCUT2D eigenvalue weighted by Gasteiger charge is -2.25. The second-order valence-corrected chi connectivity index (χ2v) is 9.85. The largest absolute Gasteiger partial charge is 0.460 e. The summed E-state index contributed by atoms with van der Waals surface area (Å²) in [7, 11) is 0. The summed E-state index contributed by atoms with van der Waals surface area (Å²) in [5.41, 5.74) is -1.31. The lowest BCUT2D eigenvalue weighted by molar-refractivity contribution is -0.155. The maximum Gasteiger partial charge on any atom is 0.407 e. The van der Waals surface area contributed by atoms with E-state index in [2.05, 4.69) is 10.6 Å². The van der Waals surface area contributed by atoms with Crippen molar-refractivity contribution in [3.8, 4) is 0 Å². The number of amides is 2. The Morgan fingerprint density at radius 3 is 1.71 bits per heavy atom. The molecule has 12 nitrogen and oxygen atoms in total. The van der Waals surface area contributed by atoms with Gasteiger partial charge >= 0.3 is 12.1 Å². The topological polar surface area (TPSA) is 192 Å². The Balaban J connectivity index is 4.38. The Labute approximate surface area is 200 Å². The summed E-state index contributed by atoms with van der Waals surface area (Å²) in [6, 6.07) is 0. The number of rotatable bonds is 13. The molecule has 0 aromatic rings. The van der Waals surface area contributed by atoms with Gasteiger partial charge in [0.15, 0.2) is 11.9 Å². The molecule has 0 bridgehead atoms. The number of ketones is 1. The van der Waals surface area contributed by atoms with Gasteiger partial charge < -0.3 is 40.5 Å². The van der Waals surface area contributed by atoms with Gasteiger partial charge in [-0.05, 0) is 54.4 Å². The van der Waals surface area contributed by atoms with Crippen molar-refractivity contribution < 1.29 is 49.1 Å². The standard InChI is InChI=1S/C22H40N2O10/c1-21(2,3)33-14(26)10-8-11-23-19(31)18(30)17(29)16(28)15(27)13(25)9-7-12-24-20(32)34-22(4,5)6/h15-18,27-30H,7-12H2,1-6H3,(H,23,31)(H,24,32)/t15-,16+,17+,18-/m0/s1. The molecule has 0 saturated carbocycles. The maximum atomic E-state index is 12.0. The number of Topliss-reactive ketones (excluding diaryl/α,β-unsaturated/α-hetero) is 1. The van der Waals surface area contributed by atoms with Crippen LogP contribution in [0.2, 0.25) is 0 Å². The first-order valence-electron chi connectivity index (χ1n) is 11.2. The van der Waals surface area contributed by atoms with Crippen LogP contribution in [0.25, 0.3) is 0 Å². The van der Waals surface area contributed by atoms with Crippen molar-refractivity contribution in [3.05, 3.63) is 0 Å². The molecule has 0 aliphatic heterocycles. The zero-order valence-electron chi connectivity index (χ0n) is 20.8. The molecule has 4 atom stereocenters. The van der Waals surface area contributed by atoms with Crippen LogP contribution in [0.4, 0.5) is 4.79 Å². The summed E-state index contributed by atoms with van der Waals surface area (Å²) in [6.45, 7) is 10.3. The second-order valence-electron chi connectivity index (χ2n) is 9.85. The van der Waals surface area contributed by atoms with E-state index >= 15 is 0 Å². The molecule has 0 fully saturated rings. The monoisotopic (exact) mass is 492 g/mol. The molecule has 34 heavy (non-hydrogen) atoms. The van der Waals surface area contributed by atoms with Crippen molar-refractivity contribution >= 4 is 23.8 Å². The normalized spacial score (nSPS) is 15.5. The number of carbonyl (C=O) groups excluding carboxylic acids is 4. The number of carbonyl (C=O) groups is 4. The van der Waals surface area contributed by atoms with Crippen molar-refractivity contribution in [2.75, 3.05) is 13.1 Å². The number of hydrogen-bond acceptors (Lipinski definition) is 10. The van der Waals surface area contributed by atoms with Crippen LogP contribution in [0, 0.1) is 0 Å². The molecule has 0 rings (SSSR count). The second kappa shape index (κ2) is 14.2. The summed E-state index contributed by atoms with van der Waals surface area (Å²) in [4.78, 5) is 47.1. The van der Waals surface area contributed by atoms with Gasteiger partial charge in [0.05, 0.1) is 0 Å². The summed E-state index contributed by atoms with van der Waals surface area (Å²) in [5, 5.41) is 44.6. The number of aliphatic hydroxyl groups is 4. The average molecular weight is 493 g/mol. The maximum absolute atomic E-state index is 12.0. The smallest absolute Gasteiger partial charge is 0.407 e. The van der Waals surface area contributed by atoms with Gasteiger partial charge in [-0.2, -0.15) is 0 Å². The Hall–Kier alpha value is -2.28. The van der Waals surface area contributed by atoms with Crippen LogP contribution in [-0.2, 0) is 23.9 Å². The predicted molar refractivity (Wildman–Crippen MR) is 121 cm³/mol. The molecule has 0 spiro atoms. The molecule has 0 unspecified atom stereocenters.